The minimum atomic E-state index is -0.148. The first-order valence-electron chi connectivity index (χ1n) is 9.75. The number of morpholine rings is 1. The molecule has 2 aromatic rings. The zero-order valence-corrected chi connectivity index (χ0v) is 17.0. The van der Waals surface area contributed by atoms with Gasteiger partial charge in [0.25, 0.3) is 0 Å². The van der Waals surface area contributed by atoms with Crippen LogP contribution in [0.15, 0.2) is 54.6 Å². The van der Waals surface area contributed by atoms with Crippen LogP contribution in [-0.4, -0.2) is 57.9 Å². The largest absolute Gasteiger partial charge is 0.497 e. The molecule has 1 atom stereocenters. The molecule has 0 radical (unpaired) electrons. The Morgan fingerprint density at radius 2 is 1.90 bits per heavy atom. The van der Waals surface area contributed by atoms with Gasteiger partial charge in [0.15, 0.2) is 0 Å². The van der Waals surface area contributed by atoms with Gasteiger partial charge in [0.2, 0.25) is 5.91 Å². The smallest absolute Gasteiger partial charge is 0.244 e. The number of amides is 1. The highest BCUT2D eigenvalue weighted by Crippen LogP contribution is 2.25. The van der Waals surface area contributed by atoms with Crippen LogP contribution in [0.2, 0.25) is 0 Å². The quantitative estimate of drug-likeness (QED) is 0.696. The van der Waals surface area contributed by atoms with Gasteiger partial charge in [-0.05, 0) is 23.8 Å². The maximum Gasteiger partial charge on any atom is 0.244 e. The fourth-order valence-corrected chi connectivity index (χ4v) is 3.30. The minimum absolute atomic E-state index is 0.0933. The van der Waals surface area contributed by atoms with Crippen LogP contribution in [-0.2, 0) is 9.53 Å². The van der Waals surface area contributed by atoms with E-state index in [1.54, 1.807) is 32.4 Å². The Bertz CT molecular complexity index is 817. The molecule has 0 spiro atoms. The SMILES string of the molecule is COc1ccc(/C=C/C(=O)NC(CN2CCOCC2)c2ccccc2)c(OC)c1. The Labute approximate surface area is 172 Å². The highest BCUT2D eigenvalue weighted by Gasteiger charge is 2.19. The van der Waals surface area contributed by atoms with Crippen molar-refractivity contribution in [1.82, 2.24) is 10.2 Å². The molecular weight excluding hydrogens is 368 g/mol. The molecule has 3 rings (SSSR count). The first-order chi connectivity index (χ1) is 14.2. The number of benzene rings is 2. The van der Waals surface area contributed by atoms with Crippen LogP contribution in [0, 0.1) is 0 Å². The standard InChI is InChI=1S/C23H28N2O4/c1-27-20-10-8-19(22(16-20)28-2)9-11-23(26)24-21(18-6-4-3-5-7-18)17-25-12-14-29-15-13-25/h3-11,16,21H,12-15,17H2,1-2H3,(H,24,26)/b11-9+. The van der Waals surface area contributed by atoms with Gasteiger partial charge in [0.1, 0.15) is 11.5 Å². The second-order valence-electron chi connectivity index (χ2n) is 6.83. The number of hydrogen-bond acceptors (Lipinski definition) is 5. The first kappa shape index (κ1) is 20.9. The van der Waals surface area contributed by atoms with Gasteiger partial charge in [-0.1, -0.05) is 30.3 Å². The number of nitrogens with one attached hydrogen (secondary N) is 1. The summed E-state index contributed by atoms with van der Waals surface area (Å²) in [5, 5.41) is 3.14. The number of carbonyl (C=O) groups excluding carboxylic acids is 1. The van der Waals surface area contributed by atoms with Gasteiger partial charge in [-0.25, -0.2) is 0 Å². The molecule has 1 saturated heterocycles. The van der Waals surface area contributed by atoms with E-state index in [1.165, 1.54) is 0 Å². The molecule has 6 nitrogen and oxygen atoms in total. The summed E-state index contributed by atoms with van der Waals surface area (Å²) >= 11 is 0. The molecule has 1 fully saturated rings. The van der Waals surface area contributed by atoms with Crippen molar-refractivity contribution in [1.29, 1.82) is 0 Å². The number of hydrogen-bond donors (Lipinski definition) is 1. The van der Waals surface area contributed by atoms with Crippen LogP contribution < -0.4 is 14.8 Å². The number of rotatable bonds is 8. The van der Waals surface area contributed by atoms with Gasteiger partial charge in [0, 0.05) is 37.3 Å². The normalized spacial score (nSPS) is 15.8. The Morgan fingerprint density at radius 3 is 2.59 bits per heavy atom. The number of nitrogens with zero attached hydrogens (tertiary/aromatic N) is 1. The zero-order valence-electron chi connectivity index (χ0n) is 17.0. The summed E-state index contributed by atoms with van der Waals surface area (Å²) in [6.45, 7) is 3.95. The van der Waals surface area contributed by atoms with E-state index in [2.05, 4.69) is 10.2 Å². The van der Waals surface area contributed by atoms with Gasteiger partial charge in [-0.15, -0.1) is 0 Å². The monoisotopic (exact) mass is 396 g/mol. The number of carbonyl (C=O) groups is 1. The van der Waals surface area contributed by atoms with Crippen molar-refractivity contribution >= 4 is 12.0 Å². The molecule has 1 aliphatic rings. The van der Waals surface area contributed by atoms with E-state index in [0.29, 0.717) is 11.5 Å². The van der Waals surface area contributed by atoms with Crippen molar-refractivity contribution in [3.05, 3.63) is 65.7 Å². The minimum Gasteiger partial charge on any atom is -0.497 e. The molecule has 0 saturated carbocycles. The van der Waals surface area contributed by atoms with Crippen LogP contribution >= 0.6 is 0 Å². The van der Waals surface area contributed by atoms with E-state index in [-0.39, 0.29) is 11.9 Å². The average molecular weight is 396 g/mol. The second kappa shape index (κ2) is 10.6. The third-order valence-electron chi connectivity index (χ3n) is 4.92. The summed E-state index contributed by atoms with van der Waals surface area (Å²) < 4.78 is 16.0. The van der Waals surface area contributed by atoms with E-state index < -0.39 is 0 Å². The van der Waals surface area contributed by atoms with Crippen LogP contribution in [0.25, 0.3) is 6.08 Å². The van der Waals surface area contributed by atoms with E-state index >= 15 is 0 Å². The summed E-state index contributed by atoms with van der Waals surface area (Å²) in [6.07, 6.45) is 3.30. The molecule has 1 aliphatic heterocycles. The molecule has 1 heterocycles. The highest BCUT2D eigenvalue weighted by atomic mass is 16.5. The number of ether oxygens (including phenoxy) is 3. The third kappa shape index (κ3) is 6.07. The van der Waals surface area contributed by atoms with Crippen molar-refractivity contribution < 1.29 is 19.0 Å². The maximum absolute atomic E-state index is 12.7. The first-order valence-corrected chi connectivity index (χ1v) is 9.75. The summed E-state index contributed by atoms with van der Waals surface area (Å²) in [5.41, 5.74) is 1.90. The van der Waals surface area contributed by atoms with Crippen molar-refractivity contribution in [2.45, 2.75) is 6.04 Å². The van der Waals surface area contributed by atoms with Crippen molar-refractivity contribution in [3.63, 3.8) is 0 Å². The molecule has 1 unspecified atom stereocenters. The molecule has 1 amide bonds. The molecule has 154 valence electrons. The van der Waals surface area contributed by atoms with Gasteiger partial charge >= 0.3 is 0 Å². The molecular formula is C23H28N2O4. The van der Waals surface area contributed by atoms with Crippen LogP contribution in [0.5, 0.6) is 11.5 Å². The summed E-state index contributed by atoms with van der Waals surface area (Å²) in [7, 11) is 3.20. The van der Waals surface area contributed by atoms with Gasteiger partial charge in [-0.3, -0.25) is 9.69 Å². The van der Waals surface area contributed by atoms with Crippen molar-refractivity contribution in [2.75, 3.05) is 47.1 Å². The Hall–Kier alpha value is -2.83. The lowest BCUT2D eigenvalue weighted by molar-refractivity contribution is -0.117. The lowest BCUT2D eigenvalue weighted by Crippen LogP contribution is -2.42. The van der Waals surface area contributed by atoms with E-state index in [0.717, 1.165) is 44.0 Å². The number of methoxy groups -OCH3 is 2. The van der Waals surface area contributed by atoms with Crippen LogP contribution in [0.1, 0.15) is 17.2 Å². The fraction of sp³-hybridized carbons (Fsp3) is 0.348. The van der Waals surface area contributed by atoms with E-state index in [9.17, 15) is 4.79 Å². The molecule has 29 heavy (non-hydrogen) atoms. The molecule has 0 aromatic heterocycles. The van der Waals surface area contributed by atoms with Gasteiger partial charge in [0.05, 0.1) is 33.5 Å². The Morgan fingerprint density at radius 1 is 1.14 bits per heavy atom. The summed E-state index contributed by atoms with van der Waals surface area (Å²) in [4.78, 5) is 15.0. The predicted octanol–water partition coefficient (Wildman–Crippen LogP) is 2.91. The molecule has 0 bridgehead atoms. The highest BCUT2D eigenvalue weighted by molar-refractivity contribution is 5.92. The van der Waals surface area contributed by atoms with Crippen LogP contribution in [0.3, 0.4) is 0 Å². The van der Waals surface area contributed by atoms with E-state index in [4.69, 9.17) is 14.2 Å². The maximum atomic E-state index is 12.7. The average Bonchev–Trinajstić information content (AvgIpc) is 2.78. The lowest BCUT2D eigenvalue weighted by atomic mass is 10.1. The Balaban J connectivity index is 1.70. The van der Waals surface area contributed by atoms with E-state index in [1.807, 2.05) is 42.5 Å². The zero-order chi connectivity index (χ0) is 20.5. The second-order valence-corrected chi connectivity index (χ2v) is 6.83. The van der Waals surface area contributed by atoms with Crippen molar-refractivity contribution in [3.8, 4) is 11.5 Å². The van der Waals surface area contributed by atoms with Crippen molar-refractivity contribution in [2.24, 2.45) is 0 Å². The topological polar surface area (TPSA) is 60.0 Å². The summed E-state index contributed by atoms with van der Waals surface area (Å²) in [5.74, 6) is 1.21. The van der Waals surface area contributed by atoms with Crippen LogP contribution in [0.4, 0.5) is 0 Å². The lowest BCUT2D eigenvalue weighted by Gasteiger charge is -2.31. The molecule has 0 aliphatic carbocycles. The molecule has 2 aromatic carbocycles. The molecule has 6 heteroatoms. The predicted molar refractivity (Wildman–Crippen MR) is 113 cm³/mol. The van der Waals surface area contributed by atoms with Gasteiger partial charge < -0.3 is 19.5 Å². The third-order valence-corrected chi connectivity index (χ3v) is 4.92. The Kier molecular flexibility index (Phi) is 7.67. The molecule has 1 N–H and O–H groups in total. The van der Waals surface area contributed by atoms with Gasteiger partial charge in [-0.2, -0.15) is 0 Å². The fourth-order valence-electron chi connectivity index (χ4n) is 3.30. The summed E-state index contributed by atoms with van der Waals surface area (Å²) in [6, 6.07) is 15.5.